The van der Waals surface area contributed by atoms with Gasteiger partial charge >= 0.3 is 11.9 Å². The average Bonchev–Trinajstić information content (AvgIpc) is 2.90. The summed E-state index contributed by atoms with van der Waals surface area (Å²) in [4.78, 5) is 35.8. The number of rotatable bonds is 8. The van der Waals surface area contributed by atoms with Gasteiger partial charge in [-0.1, -0.05) is 30.3 Å². The van der Waals surface area contributed by atoms with E-state index in [2.05, 4.69) is 0 Å². The molecule has 0 aliphatic carbocycles. The molecule has 0 radical (unpaired) electrons. The van der Waals surface area contributed by atoms with E-state index in [9.17, 15) is 28.1 Å². The van der Waals surface area contributed by atoms with Gasteiger partial charge < -0.3 is 9.47 Å². The molecule has 0 unspecified atom stereocenters. The number of nitro groups is 1. The number of ether oxygens (including phenoxy) is 2. The zero-order valence-corrected chi connectivity index (χ0v) is 17.2. The predicted molar refractivity (Wildman–Crippen MR) is 103 cm³/mol. The first kappa shape index (κ1) is 22.5. The summed E-state index contributed by atoms with van der Waals surface area (Å²) < 4.78 is 35.8. The van der Waals surface area contributed by atoms with E-state index >= 15 is 0 Å². The standard InChI is InChI=1S/C19H23NO8S/c1-4-27-18(21)16(19(22)28-5-2)15(13-9-7-6-8-10-13)17-12(3)14(20(23)24)11-29(17,25)26/h6-10,14-16H,4-5,11H2,1-3H3/t14-,15-/m1/s1. The summed E-state index contributed by atoms with van der Waals surface area (Å²) in [6.45, 7) is 4.39. The molecule has 0 saturated heterocycles. The Bertz CT molecular complexity index is 905. The minimum Gasteiger partial charge on any atom is -0.465 e. The lowest BCUT2D eigenvalue weighted by atomic mass is 9.83. The first-order chi connectivity index (χ1) is 13.7. The monoisotopic (exact) mass is 425 g/mol. The molecule has 0 bridgehead atoms. The second-order valence-electron chi connectivity index (χ2n) is 6.50. The fraction of sp³-hybridized carbons (Fsp3) is 0.474. The largest absolute Gasteiger partial charge is 0.465 e. The Balaban J connectivity index is 2.76. The molecule has 0 fully saturated rings. The zero-order valence-electron chi connectivity index (χ0n) is 16.4. The predicted octanol–water partition coefficient (Wildman–Crippen LogP) is 1.86. The van der Waals surface area contributed by atoms with Crippen molar-refractivity contribution in [2.24, 2.45) is 5.92 Å². The van der Waals surface area contributed by atoms with Gasteiger partial charge in [0, 0.05) is 16.4 Å². The van der Waals surface area contributed by atoms with Crippen molar-refractivity contribution in [3.8, 4) is 0 Å². The molecule has 1 aliphatic heterocycles. The summed E-state index contributed by atoms with van der Waals surface area (Å²) in [5, 5.41) is 11.4. The maximum Gasteiger partial charge on any atom is 0.321 e. The average molecular weight is 425 g/mol. The Labute approximate surface area is 168 Å². The van der Waals surface area contributed by atoms with Crippen LogP contribution in [0, 0.1) is 16.0 Å². The van der Waals surface area contributed by atoms with Crippen LogP contribution in [-0.4, -0.2) is 50.3 Å². The van der Waals surface area contributed by atoms with Gasteiger partial charge in [0.15, 0.2) is 15.8 Å². The van der Waals surface area contributed by atoms with Gasteiger partial charge in [0.25, 0.3) is 0 Å². The third-order valence-corrected chi connectivity index (χ3v) is 6.71. The highest BCUT2D eigenvalue weighted by molar-refractivity contribution is 7.95. The minimum atomic E-state index is -4.10. The maximum atomic E-state index is 12.9. The number of carbonyl (C=O) groups excluding carboxylic acids is 2. The van der Waals surface area contributed by atoms with Crippen molar-refractivity contribution in [3.05, 3.63) is 56.5 Å². The molecule has 0 aromatic heterocycles. The van der Waals surface area contributed by atoms with Gasteiger partial charge in [0.05, 0.1) is 18.1 Å². The summed E-state index contributed by atoms with van der Waals surface area (Å²) >= 11 is 0. The molecule has 1 aromatic carbocycles. The summed E-state index contributed by atoms with van der Waals surface area (Å²) in [7, 11) is -4.10. The van der Waals surface area contributed by atoms with Gasteiger partial charge in [-0.2, -0.15) is 0 Å². The molecule has 29 heavy (non-hydrogen) atoms. The van der Waals surface area contributed by atoms with Gasteiger partial charge in [-0.3, -0.25) is 19.7 Å². The topological polar surface area (TPSA) is 130 Å². The Hall–Kier alpha value is -2.75. The molecular formula is C19H23NO8S. The second-order valence-corrected chi connectivity index (χ2v) is 8.50. The number of hydrogen-bond acceptors (Lipinski definition) is 8. The molecule has 1 aromatic rings. The lowest BCUT2D eigenvalue weighted by molar-refractivity contribution is -0.505. The SMILES string of the molecule is CCOC(=O)C(C(=O)OCC)[C@H](C1=C(C)[C@H]([N+](=O)[O-])CS1(=O)=O)c1ccccc1. The molecule has 1 aliphatic rings. The van der Waals surface area contributed by atoms with Gasteiger partial charge in [0.2, 0.25) is 6.04 Å². The van der Waals surface area contributed by atoms with Crippen LogP contribution in [0.25, 0.3) is 0 Å². The molecule has 2 rings (SSSR count). The smallest absolute Gasteiger partial charge is 0.321 e. The van der Waals surface area contributed by atoms with Crippen LogP contribution in [-0.2, 0) is 28.9 Å². The van der Waals surface area contributed by atoms with Crippen LogP contribution in [0.2, 0.25) is 0 Å². The fourth-order valence-corrected chi connectivity index (χ4v) is 5.73. The van der Waals surface area contributed by atoms with Crippen LogP contribution in [0.1, 0.15) is 32.3 Å². The number of sulfone groups is 1. The first-order valence-corrected chi connectivity index (χ1v) is 10.8. The first-order valence-electron chi connectivity index (χ1n) is 9.10. The zero-order chi connectivity index (χ0) is 21.8. The van der Waals surface area contributed by atoms with E-state index < -0.39 is 50.3 Å². The minimum absolute atomic E-state index is 0.00227. The molecule has 158 valence electrons. The molecule has 0 N–H and O–H groups in total. The van der Waals surface area contributed by atoms with Crippen molar-refractivity contribution >= 4 is 21.8 Å². The number of benzene rings is 1. The highest BCUT2D eigenvalue weighted by atomic mass is 32.2. The summed E-state index contributed by atoms with van der Waals surface area (Å²) in [6, 6.07) is 6.62. The third kappa shape index (κ3) is 4.64. The summed E-state index contributed by atoms with van der Waals surface area (Å²) in [5.74, 6) is -5.51. The van der Waals surface area contributed by atoms with Gasteiger partial charge in [-0.25, -0.2) is 8.42 Å². The number of hydrogen-bond donors (Lipinski definition) is 0. The molecule has 1 heterocycles. The Morgan fingerprint density at radius 3 is 2.07 bits per heavy atom. The number of allylic oxidation sites excluding steroid dienone is 1. The Morgan fingerprint density at radius 2 is 1.66 bits per heavy atom. The number of esters is 2. The van der Waals surface area contributed by atoms with Gasteiger partial charge in [0.1, 0.15) is 5.75 Å². The van der Waals surface area contributed by atoms with Crippen LogP contribution in [0.15, 0.2) is 40.8 Å². The Kier molecular flexibility index (Phi) is 7.12. The molecule has 9 nitrogen and oxygen atoms in total. The van der Waals surface area contributed by atoms with Crippen LogP contribution in [0.5, 0.6) is 0 Å². The van der Waals surface area contributed by atoms with E-state index in [1.807, 2.05) is 0 Å². The molecule has 0 spiro atoms. The van der Waals surface area contributed by atoms with E-state index in [1.165, 1.54) is 6.92 Å². The third-order valence-electron chi connectivity index (χ3n) is 4.71. The van der Waals surface area contributed by atoms with E-state index in [4.69, 9.17) is 9.47 Å². The van der Waals surface area contributed by atoms with Crippen molar-refractivity contribution < 1.29 is 32.4 Å². The van der Waals surface area contributed by atoms with Crippen LogP contribution in [0.4, 0.5) is 0 Å². The highest BCUT2D eigenvalue weighted by Crippen LogP contribution is 2.43. The van der Waals surface area contributed by atoms with Crippen LogP contribution >= 0.6 is 0 Å². The molecule has 0 saturated carbocycles. The number of nitrogens with zero attached hydrogens (tertiary/aromatic N) is 1. The lowest BCUT2D eigenvalue weighted by Crippen LogP contribution is -2.35. The van der Waals surface area contributed by atoms with Crippen molar-refractivity contribution in [3.63, 3.8) is 0 Å². The molecular weight excluding hydrogens is 402 g/mol. The Morgan fingerprint density at radius 1 is 1.14 bits per heavy atom. The number of carbonyl (C=O) groups is 2. The quantitative estimate of drug-likeness (QED) is 0.267. The normalized spacial score (nSPS) is 19.1. The van der Waals surface area contributed by atoms with Crippen molar-refractivity contribution in [2.75, 3.05) is 19.0 Å². The molecule has 2 atom stereocenters. The van der Waals surface area contributed by atoms with Gasteiger partial charge in [-0.15, -0.1) is 0 Å². The van der Waals surface area contributed by atoms with Crippen molar-refractivity contribution in [1.29, 1.82) is 0 Å². The van der Waals surface area contributed by atoms with Crippen LogP contribution in [0.3, 0.4) is 0 Å². The highest BCUT2D eigenvalue weighted by Gasteiger charge is 2.51. The van der Waals surface area contributed by atoms with E-state index in [-0.39, 0.29) is 23.7 Å². The van der Waals surface area contributed by atoms with Gasteiger partial charge in [-0.05, 0) is 26.3 Å². The summed E-state index contributed by atoms with van der Waals surface area (Å²) in [5.41, 5.74) is 0.350. The van der Waals surface area contributed by atoms with E-state index in [1.54, 1.807) is 44.2 Å². The maximum absolute atomic E-state index is 12.9. The van der Waals surface area contributed by atoms with E-state index in [0.29, 0.717) is 5.56 Å². The van der Waals surface area contributed by atoms with Crippen LogP contribution < -0.4 is 0 Å². The molecule has 0 amide bonds. The fourth-order valence-electron chi connectivity index (χ4n) is 3.48. The molecule has 10 heteroatoms. The van der Waals surface area contributed by atoms with E-state index in [0.717, 1.165) is 0 Å². The van der Waals surface area contributed by atoms with Crippen molar-refractivity contribution in [2.45, 2.75) is 32.7 Å². The second kappa shape index (κ2) is 9.17. The lowest BCUT2D eigenvalue weighted by Gasteiger charge is -2.26. The summed E-state index contributed by atoms with van der Waals surface area (Å²) in [6.07, 6.45) is 0. The van der Waals surface area contributed by atoms with Crippen molar-refractivity contribution in [1.82, 2.24) is 0 Å².